The number of nitrogens with one attached hydrogen (secondary N) is 1. The van der Waals surface area contributed by atoms with Gasteiger partial charge in [-0.2, -0.15) is 0 Å². The molecule has 0 heterocycles. The van der Waals surface area contributed by atoms with E-state index in [4.69, 9.17) is 6.42 Å². The molecule has 0 aromatic carbocycles. The molecule has 1 N–H and O–H groups in total. The van der Waals surface area contributed by atoms with Crippen LogP contribution in [0.25, 0.3) is 0 Å². The topological polar surface area (TPSA) is 12.0 Å². The first-order valence-corrected chi connectivity index (χ1v) is 5.43. The molecule has 0 aromatic heterocycles. The van der Waals surface area contributed by atoms with Crippen LogP contribution >= 0.6 is 0 Å². The molecule has 0 amide bonds. The van der Waals surface area contributed by atoms with Gasteiger partial charge >= 0.3 is 0 Å². The van der Waals surface area contributed by atoms with Crippen molar-refractivity contribution in [3.63, 3.8) is 0 Å². The average molecular weight is 179 g/mol. The third-order valence-corrected chi connectivity index (χ3v) is 3.23. The molecule has 0 spiro atoms. The Hall–Kier alpha value is -0.480. The lowest BCUT2D eigenvalue weighted by Crippen LogP contribution is -2.34. The van der Waals surface area contributed by atoms with Crippen molar-refractivity contribution in [1.82, 2.24) is 5.32 Å². The van der Waals surface area contributed by atoms with Gasteiger partial charge in [-0.3, -0.25) is 0 Å². The zero-order valence-corrected chi connectivity index (χ0v) is 8.84. The zero-order chi connectivity index (χ0) is 9.68. The van der Waals surface area contributed by atoms with E-state index >= 15 is 0 Å². The fraction of sp³-hybridized carbons (Fsp3) is 0.833. The van der Waals surface area contributed by atoms with E-state index in [1.165, 1.54) is 25.7 Å². The van der Waals surface area contributed by atoms with Crippen molar-refractivity contribution in [1.29, 1.82) is 0 Å². The van der Waals surface area contributed by atoms with E-state index in [2.05, 4.69) is 18.2 Å². The molecule has 74 valence electrons. The van der Waals surface area contributed by atoms with Crippen molar-refractivity contribution in [3.8, 4) is 12.3 Å². The van der Waals surface area contributed by atoms with Gasteiger partial charge in [0.1, 0.15) is 0 Å². The number of hydrogen-bond donors (Lipinski definition) is 1. The van der Waals surface area contributed by atoms with Crippen LogP contribution < -0.4 is 5.32 Å². The van der Waals surface area contributed by atoms with Gasteiger partial charge in [0.25, 0.3) is 0 Å². The van der Waals surface area contributed by atoms with Gasteiger partial charge in [-0.15, -0.1) is 6.42 Å². The summed E-state index contributed by atoms with van der Waals surface area (Å²) < 4.78 is 0. The first-order chi connectivity index (χ1) is 6.24. The third kappa shape index (κ3) is 3.40. The standard InChI is InChI=1S/C12H21N/c1-4-11(3)13-9-12-8-6-5-7-10(12)2/h1,10-13H,5-9H2,2-3H3. The maximum atomic E-state index is 5.31. The molecule has 0 radical (unpaired) electrons. The first-order valence-electron chi connectivity index (χ1n) is 5.43. The highest BCUT2D eigenvalue weighted by Crippen LogP contribution is 2.28. The normalized spacial score (nSPS) is 30.8. The molecule has 1 saturated carbocycles. The van der Waals surface area contributed by atoms with Crippen molar-refractivity contribution < 1.29 is 0 Å². The lowest BCUT2D eigenvalue weighted by Gasteiger charge is -2.29. The van der Waals surface area contributed by atoms with Gasteiger partial charge in [-0.25, -0.2) is 0 Å². The molecule has 1 fully saturated rings. The second-order valence-corrected chi connectivity index (χ2v) is 4.32. The van der Waals surface area contributed by atoms with E-state index in [1.807, 2.05) is 6.92 Å². The molecule has 1 heteroatoms. The van der Waals surface area contributed by atoms with Crippen LogP contribution in [0.15, 0.2) is 0 Å². The molecular formula is C12H21N. The minimum atomic E-state index is 0.231. The lowest BCUT2D eigenvalue weighted by atomic mass is 9.80. The average Bonchev–Trinajstić information content (AvgIpc) is 2.16. The smallest absolute Gasteiger partial charge is 0.0658 e. The summed E-state index contributed by atoms with van der Waals surface area (Å²) in [5.74, 6) is 4.44. The summed E-state index contributed by atoms with van der Waals surface area (Å²) in [4.78, 5) is 0. The summed E-state index contributed by atoms with van der Waals surface area (Å²) in [5, 5.41) is 3.40. The molecule has 1 rings (SSSR count). The van der Waals surface area contributed by atoms with Crippen molar-refractivity contribution >= 4 is 0 Å². The molecule has 1 aliphatic carbocycles. The highest BCUT2D eigenvalue weighted by atomic mass is 14.9. The van der Waals surface area contributed by atoms with Crippen LogP contribution in [-0.4, -0.2) is 12.6 Å². The summed E-state index contributed by atoms with van der Waals surface area (Å²) >= 11 is 0. The molecule has 3 unspecified atom stereocenters. The van der Waals surface area contributed by atoms with Crippen LogP contribution in [0.1, 0.15) is 39.5 Å². The minimum Gasteiger partial charge on any atom is -0.304 e. The van der Waals surface area contributed by atoms with E-state index in [0.29, 0.717) is 0 Å². The Morgan fingerprint density at radius 3 is 2.77 bits per heavy atom. The van der Waals surface area contributed by atoms with E-state index in [1.54, 1.807) is 0 Å². The molecule has 0 aliphatic heterocycles. The SMILES string of the molecule is C#CC(C)NCC1CCCCC1C. The molecular weight excluding hydrogens is 158 g/mol. The van der Waals surface area contributed by atoms with Gasteiger partial charge in [-0.1, -0.05) is 32.1 Å². The Morgan fingerprint density at radius 1 is 1.46 bits per heavy atom. The highest BCUT2D eigenvalue weighted by molar-refractivity contribution is 4.96. The van der Waals surface area contributed by atoms with E-state index in [-0.39, 0.29) is 6.04 Å². The molecule has 0 aromatic rings. The van der Waals surface area contributed by atoms with Crippen LogP contribution in [0.3, 0.4) is 0 Å². The van der Waals surface area contributed by atoms with Crippen LogP contribution in [-0.2, 0) is 0 Å². The Bertz CT molecular complexity index is 180. The number of rotatable bonds is 3. The van der Waals surface area contributed by atoms with Gasteiger partial charge in [0.05, 0.1) is 6.04 Å². The molecule has 0 bridgehead atoms. The summed E-state index contributed by atoms with van der Waals surface area (Å²) in [6, 6.07) is 0.231. The van der Waals surface area contributed by atoms with Crippen LogP contribution in [0.5, 0.6) is 0 Å². The molecule has 0 saturated heterocycles. The Labute approximate surface area is 82.3 Å². The van der Waals surface area contributed by atoms with Crippen molar-refractivity contribution in [2.45, 2.75) is 45.6 Å². The summed E-state index contributed by atoms with van der Waals surface area (Å²) in [7, 11) is 0. The number of hydrogen-bond acceptors (Lipinski definition) is 1. The van der Waals surface area contributed by atoms with Crippen LogP contribution in [0.2, 0.25) is 0 Å². The van der Waals surface area contributed by atoms with Crippen LogP contribution in [0.4, 0.5) is 0 Å². The summed E-state index contributed by atoms with van der Waals surface area (Å²) in [5.41, 5.74) is 0. The molecule has 13 heavy (non-hydrogen) atoms. The Balaban J connectivity index is 2.23. The van der Waals surface area contributed by atoms with E-state index in [9.17, 15) is 0 Å². The third-order valence-electron chi connectivity index (χ3n) is 3.23. The van der Waals surface area contributed by atoms with Gasteiger partial charge in [0.2, 0.25) is 0 Å². The minimum absolute atomic E-state index is 0.231. The summed E-state index contributed by atoms with van der Waals surface area (Å²) in [6.07, 6.45) is 10.9. The highest BCUT2D eigenvalue weighted by Gasteiger charge is 2.20. The zero-order valence-electron chi connectivity index (χ0n) is 8.84. The number of terminal acetylenes is 1. The van der Waals surface area contributed by atoms with Crippen molar-refractivity contribution in [2.24, 2.45) is 11.8 Å². The monoisotopic (exact) mass is 179 g/mol. The second kappa shape index (κ2) is 5.29. The van der Waals surface area contributed by atoms with E-state index in [0.717, 1.165) is 18.4 Å². The lowest BCUT2D eigenvalue weighted by molar-refractivity contribution is 0.246. The fourth-order valence-corrected chi connectivity index (χ4v) is 2.08. The molecule has 1 nitrogen and oxygen atoms in total. The van der Waals surface area contributed by atoms with Gasteiger partial charge < -0.3 is 5.32 Å². The Kier molecular flexibility index (Phi) is 4.32. The van der Waals surface area contributed by atoms with E-state index < -0.39 is 0 Å². The van der Waals surface area contributed by atoms with Crippen LogP contribution in [0, 0.1) is 24.2 Å². The fourth-order valence-electron chi connectivity index (χ4n) is 2.08. The van der Waals surface area contributed by atoms with Crippen molar-refractivity contribution in [2.75, 3.05) is 6.54 Å². The second-order valence-electron chi connectivity index (χ2n) is 4.32. The largest absolute Gasteiger partial charge is 0.304 e. The van der Waals surface area contributed by atoms with Gasteiger partial charge in [0, 0.05) is 0 Å². The van der Waals surface area contributed by atoms with Gasteiger partial charge in [-0.05, 0) is 31.7 Å². The maximum Gasteiger partial charge on any atom is 0.0658 e. The van der Waals surface area contributed by atoms with Crippen molar-refractivity contribution in [3.05, 3.63) is 0 Å². The predicted octanol–water partition coefficient (Wildman–Crippen LogP) is 2.42. The molecule has 1 aliphatic rings. The Morgan fingerprint density at radius 2 is 2.15 bits per heavy atom. The quantitative estimate of drug-likeness (QED) is 0.656. The first kappa shape index (κ1) is 10.6. The molecule has 3 atom stereocenters. The predicted molar refractivity (Wildman–Crippen MR) is 57.4 cm³/mol. The van der Waals surface area contributed by atoms with Gasteiger partial charge in [0.15, 0.2) is 0 Å². The maximum absolute atomic E-state index is 5.31. The summed E-state index contributed by atoms with van der Waals surface area (Å²) in [6.45, 7) is 5.52.